The van der Waals surface area contributed by atoms with Crippen LogP contribution < -0.4 is 10.1 Å². The Kier molecular flexibility index (Phi) is 10.3. The molecule has 1 N–H and O–H groups in total. The van der Waals surface area contributed by atoms with Gasteiger partial charge >= 0.3 is 0 Å². The number of amides is 2. The SMILES string of the molecule is O=C(NC1CCCCC1)[C@@H](Cc1ccccc1)N(Cc1ccc(Cl)cc1Cl)C(=O)COc1ccc(Cl)cc1. The average molecular weight is 574 g/mol. The van der Waals surface area contributed by atoms with Gasteiger partial charge < -0.3 is 15.0 Å². The van der Waals surface area contributed by atoms with Crippen molar-refractivity contribution in [2.24, 2.45) is 0 Å². The minimum atomic E-state index is -0.757. The lowest BCUT2D eigenvalue weighted by molar-refractivity contribution is -0.143. The second-order valence-corrected chi connectivity index (χ2v) is 10.8. The third kappa shape index (κ3) is 8.13. The predicted octanol–water partition coefficient (Wildman–Crippen LogP) is 7.11. The first kappa shape index (κ1) is 28.3. The average Bonchev–Trinajstić information content (AvgIpc) is 2.92. The molecular weight excluding hydrogens is 543 g/mol. The first-order valence-corrected chi connectivity index (χ1v) is 14.0. The highest BCUT2D eigenvalue weighted by Crippen LogP contribution is 2.25. The number of hydrogen-bond donors (Lipinski definition) is 1. The molecule has 2 amide bonds. The molecule has 5 nitrogen and oxygen atoms in total. The molecule has 0 heterocycles. The highest BCUT2D eigenvalue weighted by Gasteiger charge is 2.32. The van der Waals surface area contributed by atoms with E-state index in [9.17, 15) is 9.59 Å². The first-order valence-electron chi connectivity index (χ1n) is 12.8. The van der Waals surface area contributed by atoms with Crippen molar-refractivity contribution in [3.05, 3.63) is 99.0 Å². The molecule has 0 aromatic heterocycles. The summed E-state index contributed by atoms with van der Waals surface area (Å²) < 4.78 is 5.79. The Morgan fingerprint density at radius 3 is 2.26 bits per heavy atom. The van der Waals surface area contributed by atoms with E-state index in [1.807, 2.05) is 30.3 Å². The third-order valence-corrected chi connectivity index (χ3v) is 7.59. The van der Waals surface area contributed by atoms with Crippen LogP contribution >= 0.6 is 34.8 Å². The molecule has 1 atom stereocenters. The van der Waals surface area contributed by atoms with Crippen molar-refractivity contribution in [3.8, 4) is 5.75 Å². The molecule has 0 radical (unpaired) electrons. The largest absolute Gasteiger partial charge is 0.484 e. The Morgan fingerprint density at radius 1 is 0.895 bits per heavy atom. The number of nitrogens with zero attached hydrogens (tertiary/aromatic N) is 1. The van der Waals surface area contributed by atoms with Gasteiger partial charge in [-0.15, -0.1) is 0 Å². The molecule has 0 bridgehead atoms. The Balaban J connectivity index is 1.62. The summed E-state index contributed by atoms with van der Waals surface area (Å²) in [7, 11) is 0. The van der Waals surface area contributed by atoms with E-state index in [4.69, 9.17) is 39.5 Å². The van der Waals surface area contributed by atoms with Crippen molar-refractivity contribution in [2.45, 2.75) is 57.2 Å². The van der Waals surface area contributed by atoms with E-state index in [-0.39, 0.29) is 31.0 Å². The fraction of sp³-hybridized carbons (Fsp3) is 0.333. The van der Waals surface area contributed by atoms with Crippen molar-refractivity contribution in [1.82, 2.24) is 10.2 Å². The lowest BCUT2D eigenvalue weighted by Gasteiger charge is -2.33. The van der Waals surface area contributed by atoms with E-state index in [0.29, 0.717) is 32.8 Å². The summed E-state index contributed by atoms with van der Waals surface area (Å²) in [5.74, 6) is 0.00913. The van der Waals surface area contributed by atoms with E-state index >= 15 is 0 Å². The Hall–Kier alpha value is -2.73. The minimum Gasteiger partial charge on any atom is -0.484 e. The first-order chi connectivity index (χ1) is 18.4. The molecule has 1 aliphatic rings. The van der Waals surface area contributed by atoms with Gasteiger partial charge in [0.1, 0.15) is 11.8 Å². The molecule has 0 saturated heterocycles. The van der Waals surface area contributed by atoms with Gasteiger partial charge in [0.15, 0.2) is 6.61 Å². The molecule has 0 spiro atoms. The highest BCUT2D eigenvalue weighted by molar-refractivity contribution is 6.35. The number of hydrogen-bond acceptors (Lipinski definition) is 3. The standard InChI is InChI=1S/C30H31Cl3N2O3/c31-23-13-15-26(16-14-23)38-20-29(36)35(19-22-11-12-24(32)18-27(22)33)28(17-21-7-3-1-4-8-21)30(37)34-25-9-5-2-6-10-25/h1,3-4,7-8,11-16,18,25,28H,2,5-6,9-10,17,19-20H2,(H,34,37)/t28-/m1/s1. The Morgan fingerprint density at radius 2 is 1.58 bits per heavy atom. The molecule has 1 saturated carbocycles. The summed E-state index contributed by atoms with van der Waals surface area (Å²) in [6.07, 6.45) is 5.61. The third-order valence-electron chi connectivity index (χ3n) is 6.75. The summed E-state index contributed by atoms with van der Waals surface area (Å²) in [4.78, 5) is 29.1. The molecule has 0 aliphatic heterocycles. The second-order valence-electron chi connectivity index (χ2n) is 9.55. The fourth-order valence-electron chi connectivity index (χ4n) is 4.69. The predicted molar refractivity (Wildman–Crippen MR) is 153 cm³/mol. The van der Waals surface area contributed by atoms with E-state index in [0.717, 1.165) is 31.2 Å². The number of carbonyl (C=O) groups is 2. The maximum absolute atomic E-state index is 13.8. The van der Waals surface area contributed by atoms with Gasteiger partial charge in [0.25, 0.3) is 5.91 Å². The van der Waals surface area contributed by atoms with Crippen molar-refractivity contribution in [3.63, 3.8) is 0 Å². The molecule has 3 aromatic carbocycles. The van der Waals surface area contributed by atoms with Gasteiger partial charge in [-0.1, -0.05) is 90.5 Å². The van der Waals surface area contributed by atoms with Gasteiger partial charge in [-0.05, 0) is 60.4 Å². The highest BCUT2D eigenvalue weighted by atomic mass is 35.5. The molecule has 3 aromatic rings. The van der Waals surface area contributed by atoms with E-state index in [2.05, 4.69) is 5.32 Å². The summed E-state index contributed by atoms with van der Waals surface area (Å²) >= 11 is 18.6. The van der Waals surface area contributed by atoms with Crippen LogP contribution in [0.5, 0.6) is 5.75 Å². The molecule has 200 valence electrons. The van der Waals surface area contributed by atoms with Crippen molar-refractivity contribution in [2.75, 3.05) is 6.61 Å². The number of halogens is 3. The molecular formula is C30H31Cl3N2O3. The van der Waals surface area contributed by atoms with Gasteiger partial charge in [0, 0.05) is 34.1 Å². The van der Waals surface area contributed by atoms with Crippen LogP contribution in [0.4, 0.5) is 0 Å². The maximum atomic E-state index is 13.8. The van der Waals surface area contributed by atoms with Crippen LogP contribution in [0.15, 0.2) is 72.8 Å². The van der Waals surface area contributed by atoms with E-state index < -0.39 is 6.04 Å². The Labute approximate surface area is 239 Å². The van der Waals surface area contributed by atoms with Gasteiger partial charge in [-0.3, -0.25) is 9.59 Å². The quantitative estimate of drug-likeness (QED) is 0.281. The molecule has 4 rings (SSSR count). The number of ether oxygens (including phenoxy) is 1. The molecule has 1 aliphatic carbocycles. The lowest BCUT2D eigenvalue weighted by Crippen LogP contribution is -2.53. The van der Waals surface area contributed by atoms with Crippen molar-refractivity contribution in [1.29, 1.82) is 0 Å². The normalized spacial score (nSPS) is 14.5. The number of carbonyl (C=O) groups excluding carboxylic acids is 2. The lowest BCUT2D eigenvalue weighted by atomic mass is 9.94. The van der Waals surface area contributed by atoms with Crippen LogP contribution in [0.25, 0.3) is 0 Å². The Bertz CT molecular complexity index is 1220. The summed E-state index contributed by atoms with van der Waals surface area (Å²) in [6.45, 7) is -0.108. The number of benzene rings is 3. The number of nitrogens with one attached hydrogen (secondary N) is 1. The summed E-state index contributed by atoms with van der Waals surface area (Å²) in [6, 6.07) is 21.0. The zero-order valence-corrected chi connectivity index (χ0v) is 23.3. The van der Waals surface area contributed by atoms with Gasteiger partial charge in [-0.25, -0.2) is 0 Å². The van der Waals surface area contributed by atoms with Gasteiger partial charge in [0.05, 0.1) is 0 Å². The molecule has 0 unspecified atom stereocenters. The van der Waals surface area contributed by atoms with Crippen molar-refractivity contribution >= 4 is 46.6 Å². The van der Waals surface area contributed by atoms with E-state index in [1.54, 1.807) is 47.4 Å². The van der Waals surface area contributed by atoms with Crippen LogP contribution in [-0.4, -0.2) is 35.4 Å². The second kappa shape index (κ2) is 13.9. The van der Waals surface area contributed by atoms with Gasteiger partial charge in [0.2, 0.25) is 5.91 Å². The van der Waals surface area contributed by atoms with E-state index in [1.165, 1.54) is 6.42 Å². The van der Waals surface area contributed by atoms with Crippen molar-refractivity contribution < 1.29 is 14.3 Å². The smallest absolute Gasteiger partial charge is 0.261 e. The molecule has 8 heteroatoms. The molecule has 38 heavy (non-hydrogen) atoms. The van der Waals surface area contributed by atoms with Crippen LogP contribution in [0, 0.1) is 0 Å². The van der Waals surface area contributed by atoms with Crippen LogP contribution in [-0.2, 0) is 22.6 Å². The zero-order valence-electron chi connectivity index (χ0n) is 21.0. The summed E-state index contributed by atoms with van der Waals surface area (Å²) in [5, 5.41) is 4.73. The summed E-state index contributed by atoms with van der Waals surface area (Å²) in [5.41, 5.74) is 1.65. The van der Waals surface area contributed by atoms with Crippen LogP contribution in [0.3, 0.4) is 0 Å². The van der Waals surface area contributed by atoms with Crippen LogP contribution in [0.2, 0.25) is 15.1 Å². The monoisotopic (exact) mass is 572 g/mol. The van der Waals surface area contributed by atoms with Crippen LogP contribution in [0.1, 0.15) is 43.2 Å². The maximum Gasteiger partial charge on any atom is 0.261 e. The number of rotatable bonds is 10. The van der Waals surface area contributed by atoms with Gasteiger partial charge in [-0.2, -0.15) is 0 Å². The fourth-order valence-corrected chi connectivity index (χ4v) is 5.28. The minimum absolute atomic E-state index is 0.107. The zero-order chi connectivity index (χ0) is 26.9. The molecule has 1 fully saturated rings. The topological polar surface area (TPSA) is 58.6 Å².